The van der Waals surface area contributed by atoms with E-state index in [4.69, 9.17) is 4.74 Å². The van der Waals surface area contributed by atoms with Gasteiger partial charge in [0.1, 0.15) is 5.82 Å². The third kappa shape index (κ3) is 2.46. The summed E-state index contributed by atoms with van der Waals surface area (Å²) in [5, 5.41) is 0.739. The van der Waals surface area contributed by atoms with Crippen LogP contribution in [0.1, 0.15) is 5.82 Å². The predicted molar refractivity (Wildman–Crippen MR) is 57.2 cm³/mol. The second-order valence-corrected chi connectivity index (χ2v) is 4.47. The highest BCUT2D eigenvalue weighted by atomic mass is 32.1. The molecule has 0 aromatic carbocycles. The fraction of sp³-hybridized carbons (Fsp3) is 0.778. The van der Waals surface area contributed by atoms with E-state index in [0.717, 1.165) is 11.0 Å². The lowest BCUT2D eigenvalue weighted by Crippen LogP contribution is -2.50. The average molecular weight is 249 g/mol. The summed E-state index contributed by atoms with van der Waals surface area (Å²) < 4.78 is 33.6. The Labute approximate surface area is 96.4 Å². The van der Waals surface area contributed by atoms with Gasteiger partial charge in [-0.25, -0.2) is 13.8 Å². The predicted octanol–water partition coefficient (Wildman–Crippen LogP) is 1.43. The Kier molecular flexibility index (Phi) is 3.65. The Balaban J connectivity index is 1.85. The highest BCUT2D eigenvalue weighted by molar-refractivity contribution is 7.09. The summed E-state index contributed by atoms with van der Waals surface area (Å²) in [5.41, 5.74) is 0. The first-order valence-electron chi connectivity index (χ1n) is 5.05. The lowest BCUT2D eigenvalue weighted by Gasteiger charge is -2.38. The molecule has 1 aliphatic rings. The molecule has 7 heteroatoms. The summed E-state index contributed by atoms with van der Waals surface area (Å²) >= 11 is 1.26. The van der Waals surface area contributed by atoms with Crippen LogP contribution in [-0.2, 0) is 11.2 Å². The lowest BCUT2D eigenvalue weighted by molar-refractivity contribution is 0.0614. The maximum Gasteiger partial charge on any atom is 0.244 e. The van der Waals surface area contributed by atoms with Gasteiger partial charge in [0, 0.05) is 38.2 Å². The van der Waals surface area contributed by atoms with E-state index in [1.54, 1.807) is 7.11 Å². The first-order valence-corrected chi connectivity index (χ1v) is 5.82. The van der Waals surface area contributed by atoms with E-state index in [0.29, 0.717) is 26.1 Å². The van der Waals surface area contributed by atoms with Crippen LogP contribution >= 0.6 is 11.5 Å². The Morgan fingerprint density at radius 1 is 1.56 bits per heavy atom. The first-order chi connectivity index (χ1) is 7.70. The van der Waals surface area contributed by atoms with Gasteiger partial charge in [-0.15, -0.1) is 0 Å². The van der Waals surface area contributed by atoms with Crippen molar-refractivity contribution in [3.8, 4) is 0 Å². The normalized spacial score (nSPS) is 16.9. The number of alkyl halides is 2. The molecule has 2 rings (SSSR count). The largest absolute Gasteiger partial charge is 0.384 e. The molecule has 0 radical (unpaired) electrons. The molecule has 0 atom stereocenters. The number of nitrogens with zero attached hydrogens (tertiary/aromatic N) is 3. The van der Waals surface area contributed by atoms with Gasteiger partial charge in [-0.05, 0) is 0 Å². The smallest absolute Gasteiger partial charge is 0.244 e. The highest BCUT2D eigenvalue weighted by Gasteiger charge is 2.35. The van der Waals surface area contributed by atoms with Crippen molar-refractivity contribution in [2.45, 2.75) is 12.8 Å². The first kappa shape index (κ1) is 11.7. The van der Waals surface area contributed by atoms with Crippen LogP contribution in [0.4, 0.5) is 13.9 Å². The van der Waals surface area contributed by atoms with Gasteiger partial charge in [-0.2, -0.15) is 4.37 Å². The summed E-state index contributed by atoms with van der Waals surface area (Å²) in [6, 6.07) is 0. The zero-order chi connectivity index (χ0) is 11.5. The van der Waals surface area contributed by atoms with E-state index in [1.165, 1.54) is 11.5 Å². The van der Waals surface area contributed by atoms with Crippen LogP contribution in [0.2, 0.25) is 0 Å². The molecular weight excluding hydrogens is 236 g/mol. The Bertz CT molecular complexity index is 341. The van der Waals surface area contributed by atoms with Gasteiger partial charge in [0.15, 0.2) is 0 Å². The maximum atomic E-state index is 12.3. The van der Waals surface area contributed by atoms with Crippen LogP contribution in [-0.4, -0.2) is 42.6 Å². The molecule has 0 aliphatic carbocycles. The van der Waals surface area contributed by atoms with Gasteiger partial charge in [-0.3, -0.25) is 0 Å². The molecular formula is C9H13F2N3OS. The quantitative estimate of drug-likeness (QED) is 0.791. The molecule has 4 nitrogen and oxygen atoms in total. The monoisotopic (exact) mass is 249 g/mol. The molecule has 16 heavy (non-hydrogen) atoms. The van der Waals surface area contributed by atoms with Crippen LogP contribution in [0.5, 0.6) is 0 Å². The molecule has 1 aromatic rings. The van der Waals surface area contributed by atoms with E-state index in [2.05, 4.69) is 9.36 Å². The van der Waals surface area contributed by atoms with Crippen molar-refractivity contribution < 1.29 is 13.5 Å². The van der Waals surface area contributed by atoms with Crippen molar-refractivity contribution in [2.24, 2.45) is 5.92 Å². The second-order valence-electron chi connectivity index (χ2n) is 3.74. The zero-order valence-electron chi connectivity index (χ0n) is 8.90. The molecule has 0 N–H and O–H groups in total. The van der Waals surface area contributed by atoms with Crippen LogP contribution in [0.3, 0.4) is 0 Å². The van der Waals surface area contributed by atoms with Gasteiger partial charge in [-0.1, -0.05) is 0 Å². The number of rotatable bonds is 5. The molecule has 0 unspecified atom stereocenters. The van der Waals surface area contributed by atoms with E-state index in [-0.39, 0.29) is 0 Å². The van der Waals surface area contributed by atoms with Crippen molar-refractivity contribution in [3.05, 3.63) is 5.82 Å². The van der Waals surface area contributed by atoms with Crippen molar-refractivity contribution in [1.29, 1.82) is 0 Å². The van der Waals surface area contributed by atoms with Crippen molar-refractivity contribution >= 4 is 16.7 Å². The maximum absolute atomic E-state index is 12.3. The van der Waals surface area contributed by atoms with E-state index in [1.807, 2.05) is 4.90 Å². The van der Waals surface area contributed by atoms with Gasteiger partial charge in [0.05, 0.1) is 12.5 Å². The molecule has 90 valence electrons. The third-order valence-electron chi connectivity index (χ3n) is 2.52. The lowest BCUT2D eigenvalue weighted by atomic mass is 10.0. The number of aromatic nitrogens is 2. The number of hydrogen-bond acceptors (Lipinski definition) is 5. The minimum absolute atomic E-state index is 0.385. The van der Waals surface area contributed by atoms with E-state index < -0.39 is 12.3 Å². The van der Waals surface area contributed by atoms with Crippen molar-refractivity contribution in [2.75, 3.05) is 31.7 Å². The molecule has 0 amide bonds. The summed E-state index contributed by atoms with van der Waals surface area (Å²) in [6.07, 6.45) is -1.56. The fourth-order valence-corrected chi connectivity index (χ4v) is 2.23. The number of ether oxygens (including phenoxy) is 1. The van der Waals surface area contributed by atoms with Gasteiger partial charge >= 0.3 is 0 Å². The second kappa shape index (κ2) is 5.01. The Morgan fingerprint density at radius 3 is 2.94 bits per heavy atom. The van der Waals surface area contributed by atoms with E-state index in [9.17, 15) is 8.78 Å². The van der Waals surface area contributed by atoms with Crippen molar-refractivity contribution in [3.63, 3.8) is 0 Å². The van der Waals surface area contributed by atoms with Crippen LogP contribution in [0.15, 0.2) is 0 Å². The topological polar surface area (TPSA) is 38.2 Å². The van der Waals surface area contributed by atoms with Crippen molar-refractivity contribution in [1.82, 2.24) is 9.36 Å². The molecule has 0 bridgehead atoms. The minimum atomic E-state index is -2.22. The Morgan fingerprint density at radius 2 is 2.31 bits per heavy atom. The molecule has 2 heterocycles. The Hall–Kier alpha value is -0.820. The van der Waals surface area contributed by atoms with Crippen LogP contribution in [0.25, 0.3) is 0 Å². The third-order valence-corrected chi connectivity index (χ3v) is 3.34. The number of methoxy groups -OCH3 is 1. The molecule has 1 aromatic heterocycles. The van der Waals surface area contributed by atoms with Gasteiger partial charge in [0.2, 0.25) is 11.6 Å². The summed E-state index contributed by atoms with van der Waals surface area (Å²) in [7, 11) is 1.62. The standard InChI is InChI=1S/C9H13F2N3OS/c1-15-3-2-7-12-9(16-13-7)14-4-6(5-14)8(10)11/h6,8H,2-5H2,1H3. The number of hydrogen-bond donors (Lipinski definition) is 0. The van der Waals surface area contributed by atoms with Crippen LogP contribution in [0, 0.1) is 5.92 Å². The number of anilines is 1. The molecule has 1 saturated heterocycles. The van der Waals surface area contributed by atoms with Crippen LogP contribution < -0.4 is 4.90 Å². The average Bonchev–Trinajstić information content (AvgIpc) is 2.60. The van der Waals surface area contributed by atoms with Gasteiger partial charge in [0.25, 0.3) is 0 Å². The SMILES string of the molecule is COCCc1nsc(N2CC(C(F)F)C2)n1. The van der Waals surface area contributed by atoms with Gasteiger partial charge < -0.3 is 9.64 Å². The fourth-order valence-electron chi connectivity index (χ4n) is 1.50. The number of halogens is 2. The molecule has 0 spiro atoms. The highest BCUT2D eigenvalue weighted by Crippen LogP contribution is 2.29. The zero-order valence-corrected chi connectivity index (χ0v) is 9.71. The summed E-state index contributed by atoms with van der Waals surface area (Å²) in [5.74, 6) is 0.216. The van der Waals surface area contributed by atoms with E-state index >= 15 is 0 Å². The molecule has 0 saturated carbocycles. The molecule has 1 fully saturated rings. The summed E-state index contributed by atoms with van der Waals surface area (Å²) in [6.45, 7) is 1.35. The molecule has 1 aliphatic heterocycles. The summed E-state index contributed by atoms with van der Waals surface area (Å²) in [4.78, 5) is 6.11. The minimum Gasteiger partial charge on any atom is -0.384 e.